The van der Waals surface area contributed by atoms with Crippen molar-refractivity contribution < 1.29 is 30.5 Å². The monoisotopic (exact) mass is 485 g/mol. The van der Waals surface area contributed by atoms with Gasteiger partial charge in [0, 0.05) is 13.1 Å². The summed E-state index contributed by atoms with van der Waals surface area (Å²) in [6.45, 7) is 1.35. The van der Waals surface area contributed by atoms with E-state index in [2.05, 4.69) is 19.5 Å². The third-order valence-corrected chi connectivity index (χ3v) is 5.92. The van der Waals surface area contributed by atoms with Crippen molar-refractivity contribution >= 4 is 21.6 Å². The van der Waals surface area contributed by atoms with Crippen molar-refractivity contribution in [2.45, 2.75) is 24.9 Å². The molecule has 13 heteroatoms. The molecule has 2 aromatic heterocycles. The number of hydrogen-bond acceptors (Lipinski definition) is 8. The van der Waals surface area contributed by atoms with E-state index in [1.54, 1.807) is 6.07 Å². The summed E-state index contributed by atoms with van der Waals surface area (Å²) in [7, 11) is -3.49. The van der Waals surface area contributed by atoms with E-state index in [1.807, 2.05) is 29.2 Å². The number of hydrogen-bond donors (Lipinski definition) is 0. The van der Waals surface area contributed by atoms with Crippen molar-refractivity contribution in [1.82, 2.24) is 19.8 Å². The van der Waals surface area contributed by atoms with E-state index in [0.29, 0.717) is 30.6 Å². The number of aromatic nitrogens is 4. The minimum Gasteiger partial charge on any atom is -0.491 e. The lowest BCUT2D eigenvalue weighted by atomic mass is 9.89. The van der Waals surface area contributed by atoms with E-state index in [-0.39, 0.29) is 18.9 Å². The summed E-state index contributed by atoms with van der Waals surface area (Å²) < 4.78 is 72.1. The summed E-state index contributed by atoms with van der Waals surface area (Å²) in [5.74, 6) is 0.221. The quantitative estimate of drug-likeness (QED) is 0.372. The predicted molar refractivity (Wildman–Crippen MR) is 113 cm³/mol. The van der Waals surface area contributed by atoms with Crippen LogP contribution in [0.25, 0.3) is 5.65 Å². The van der Waals surface area contributed by atoms with Gasteiger partial charge in [0.05, 0.1) is 6.26 Å². The number of rotatable bonds is 7. The van der Waals surface area contributed by atoms with Gasteiger partial charge in [-0.2, -0.15) is 26.1 Å². The average Bonchev–Trinajstić information content (AvgIpc) is 3.21. The second-order valence-electron chi connectivity index (χ2n) is 7.69. The summed E-state index contributed by atoms with van der Waals surface area (Å²) in [6, 6.07) is 10.7. The molecule has 0 aliphatic carbocycles. The Balaban J connectivity index is 1.34. The minimum absolute atomic E-state index is 0.0474. The number of fused-ring (bicyclic) bond motifs is 1. The number of halogens is 3. The minimum atomic E-state index is -4.63. The van der Waals surface area contributed by atoms with Crippen LogP contribution < -0.4 is 9.64 Å². The Bertz CT molecular complexity index is 1210. The molecule has 0 atom stereocenters. The first kappa shape index (κ1) is 23.2. The zero-order valence-electron chi connectivity index (χ0n) is 17.7. The van der Waals surface area contributed by atoms with Crippen LogP contribution in [-0.2, 0) is 20.5 Å². The van der Waals surface area contributed by atoms with Gasteiger partial charge in [0.2, 0.25) is 0 Å². The SMILES string of the molecule is CS(=O)(=O)OCCOc1ccc(C2CCN(c3ccc4nnc(C(F)(F)F)n4n3)CC2)cc1. The van der Waals surface area contributed by atoms with Crippen molar-refractivity contribution in [2.24, 2.45) is 0 Å². The number of ether oxygens (including phenoxy) is 1. The van der Waals surface area contributed by atoms with Crippen molar-refractivity contribution in [2.75, 3.05) is 37.5 Å². The highest BCUT2D eigenvalue weighted by Gasteiger charge is 2.38. The van der Waals surface area contributed by atoms with Gasteiger partial charge >= 0.3 is 6.18 Å². The third-order valence-electron chi connectivity index (χ3n) is 5.32. The molecule has 1 aliphatic rings. The zero-order valence-corrected chi connectivity index (χ0v) is 18.5. The van der Waals surface area contributed by atoms with Crippen molar-refractivity contribution in [3.05, 3.63) is 47.8 Å². The van der Waals surface area contributed by atoms with Crippen LogP contribution in [0.2, 0.25) is 0 Å². The van der Waals surface area contributed by atoms with Crippen molar-refractivity contribution in [1.29, 1.82) is 0 Å². The molecule has 0 amide bonds. The first-order chi connectivity index (χ1) is 15.6. The molecule has 9 nitrogen and oxygen atoms in total. The van der Waals surface area contributed by atoms with Crippen LogP contribution >= 0.6 is 0 Å². The fourth-order valence-electron chi connectivity index (χ4n) is 3.75. The Hall–Kier alpha value is -2.93. The topological polar surface area (TPSA) is 98.9 Å². The molecule has 0 unspecified atom stereocenters. The zero-order chi connectivity index (χ0) is 23.6. The predicted octanol–water partition coefficient (Wildman–Crippen LogP) is 2.88. The van der Waals surface area contributed by atoms with Crippen LogP contribution in [-0.4, -0.2) is 60.8 Å². The molecule has 33 heavy (non-hydrogen) atoms. The van der Waals surface area contributed by atoms with Gasteiger partial charge in [-0.05, 0) is 48.6 Å². The summed E-state index contributed by atoms with van der Waals surface area (Å²) in [4.78, 5) is 1.95. The van der Waals surface area contributed by atoms with E-state index < -0.39 is 22.1 Å². The molecule has 4 rings (SSSR count). The maximum atomic E-state index is 13.1. The molecule has 1 saturated heterocycles. The van der Waals surface area contributed by atoms with Gasteiger partial charge in [-0.15, -0.1) is 15.3 Å². The van der Waals surface area contributed by atoms with Gasteiger partial charge in [-0.1, -0.05) is 12.1 Å². The van der Waals surface area contributed by atoms with Gasteiger partial charge in [0.15, 0.2) is 5.65 Å². The summed E-state index contributed by atoms with van der Waals surface area (Å²) >= 11 is 0. The maximum absolute atomic E-state index is 13.1. The van der Waals surface area contributed by atoms with Crippen LogP contribution in [0.4, 0.5) is 19.0 Å². The Morgan fingerprint density at radius 1 is 1.03 bits per heavy atom. The highest BCUT2D eigenvalue weighted by Crippen LogP contribution is 2.32. The molecule has 1 aliphatic heterocycles. The Morgan fingerprint density at radius 3 is 2.36 bits per heavy atom. The lowest BCUT2D eigenvalue weighted by Crippen LogP contribution is -2.34. The Labute approximate surface area is 188 Å². The Morgan fingerprint density at radius 2 is 1.73 bits per heavy atom. The Kier molecular flexibility index (Phi) is 6.43. The molecule has 0 radical (unpaired) electrons. The molecule has 0 bridgehead atoms. The normalized spacial score (nSPS) is 15.8. The highest BCUT2D eigenvalue weighted by molar-refractivity contribution is 7.85. The molecule has 1 aromatic carbocycles. The molecular formula is C20H22F3N5O4S. The number of piperidine rings is 1. The van der Waals surface area contributed by atoms with E-state index >= 15 is 0 Å². The summed E-state index contributed by atoms with van der Waals surface area (Å²) in [5.41, 5.74) is 1.18. The number of nitrogens with zero attached hydrogens (tertiary/aromatic N) is 5. The van der Waals surface area contributed by atoms with E-state index in [0.717, 1.165) is 29.2 Å². The van der Waals surface area contributed by atoms with Crippen LogP contribution in [0.15, 0.2) is 36.4 Å². The van der Waals surface area contributed by atoms with Gasteiger partial charge in [-0.3, -0.25) is 4.18 Å². The van der Waals surface area contributed by atoms with E-state index in [1.165, 1.54) is 6.07 Å². The summed E-state index contributed by atoms with van der Waals surface area (Å²) in [5, 5.41) is 10.9. The molecule has 1 fully saturated rings. The van der Waals surface area contributed by atoms with Crippen molar-refractivity contribution in [3.63, 3.8) is 0 Å². The molecule has 0 saturated carbocycles. The molecule has 3 heterocycles. The van der Waals surface area contributed by atoms with Crippen molar-refractivity contribution in [3.8, 4) is 5.75 Å². The number of alkyl halides is 3. The van der Waals surface area contributed by atoms with Crippen LogP contribution in [0.5, 0.6) is 5.75 Å². The largest absolute Gasteiger partial charge is 0.491 e. The maximum Gasteiger partial charge on any atom is 0.453 e. The second kappa shape index (κ2) is 9.14. The van der Waals surface area contributed by atoms with Gasteiger partial charge in [0.25, 0.3) is 15.9 Å². The molecule has 0 N–H and O–H groups in total. The highest BCUT2D eigenvalue weighted by atomic mass is 32.2. The third kappa shape index (κ3) is 5.71. The molecular weight excluding hydrogens is 463 g/mol. The number of benzene rings is 1. The molecule has 0 spiro atoms. The smallest absolute Gasteiger partial charge is 0.453 e. The van der Waals surface area contributed by atoms with Gasteiger partial charge < -0.3 is 9.64 Å². The van der Waals surface area contributed by atoms with Crippen LogP contribution in [0, 0.1) is 0 Å². The van der Waals surface area contributed by atoms with Crippen LogP contribution in [0.3, 0.4) is 0 Å². The average molecular weight is 485 g/mol. The van der Waals surface area contributed by atoms with Gasteiger partial charge in [-0.25, -0.2) is 0 Å². The van der Waals surface area contributed by atoms with E-state index in [9.17, 15) is 21.6 Å². The lowest BCUT2D eigenvalue weighted by molar-refractivity contribution is -0.146. The lowest BCUT2D eigenvalue weighted by Gasteiger charge is -2.33. The second-order valence-corrected chi connectivity index (χ2v) is 9.33. The van der Waals surface area contributed by atoms with Crippen LogP contribution in [0.1, 0.15) is 30.1 Å². The standard InChI is InChI=1S/C20H22F3N5O4S/c1-33(29,30)32-13-12-31-16-4-2-14(3-5-16)15-8-10-27(11-9-15)18-7-6-17-24-25-19(20(21,22)23)28(17)26-18/h2-7,15H,8-13H2,1H3. The first-order valence-electron chi connectivity index (χ1n) is 10.2. The number of anilines is 1. The van der Waals surface area contributed by atoms with Gasteiger partial charge in [0.1, 0.15) is 24.8 Å². The summed E-state index contributed by atoms with van der Waals surface area (Å²) in [6.07, 6.45) is -2.02. The first-order valence-corrected chi connectivity index (χ1v) is 12.0. The fraction of sp³-hybridized carbons (Fsp3) is 0.450. The molecule has 3 aromatic rings. The van der Waals surface area contributed by atoms with E-state index in [4.69, 9.17) is 4.74 Å². The molecule has 178 valence electrons. The fourth-order valence-corrected chi connectivity index (χ4v) is 4.12.